The van der Waals surface area contributed by atoms with Crippen LogP contribution in [0.3, 0.4) is 0 Å². The van der Waals surface area contributed by atoms with Crippen molar-refractivity contribution in [1.82, 2.24) is 0 Å². The molecule has 148 valence electrons. The number of benzene rings is 1. The van der Waals surface area contributed by atoms with Gasteiger partial charge in [-0.3, -0.25) is 0 Å². The Morgan fingerprint density at radius 3 is 1.92 bits per heavy atom. The van der Waals surface area contributed by atoms with Crippen molar-refractivity contribution >= 4 is 5.97 Å². The molecule has 0 spiro atoms. The molecule has 5 heteroatoms. The van der Waals surface area contributed by atoms with Gasteiger partial charge in [0.1, 0.15) is 12.2 Å². The van der Waals surface area contributed by atoms with Gasteiger partial charge in [0.2, 0.25) is 0 Å². The molecular formula is C21H34O5. The van der Waals surface area contributed by atoms with Crippen LogP contribution in [0, 0.1) is 0 Å². The fraction of sp³-hybridized carbons (Fsp3) is 0.667. The van der Waals surface area contributed by atoms with E-state index in [2.05, 4.69) is 12.1 Å². The summed E-state index contributed by atoms with van der Waals surface area (Å²) in [5.74, 6) is -0.316. The lowest BCUT2D eigenvalue weighted by atomic mass is 10.2. The molecule has 0 radical (unpaired) electrons. The van der Waals surface area contributed by atoms with Gasteiger partial charge in [-0.2, -0.15) is 0 Å². The Kier molecular flexibility index (Phi) is 11.9. The lowest BCUT2D eigenvalue weighted by Gasteiger charge is -2.19. The first-order chi connectivity index (χ1) is 12.5. The molecule has 0 unspecified atom stereocenters. The van der Waals surface area contributed by atoms with Crippen molar-refractivity contribution in [3.8, 4) is 0 Å². The summed E-state index contributed by atoms with van der Waals surface area (Å²) in [5.41, 5.74) is 0.749. The molecule has 26 heavy (non-hydrogen) atoms. The highest BCUT2D eigenvalue weighted by Gasteiger charge is 2.15. The van der Waals surface area contributed by atoms with Crippen LogP contribution >= 0.6 is 0 Å². The van der Waals surface area contributed by atoms with Crippen molar-refractivity contribution in [3.05, 3.63) is 35.9 Å². The van der Waals surface area contributed by atoms with Gasteiger partial charge in [0.25, 0.3) is 0 Å². The zero-order chi connectivity index (χ0) is 19.1. The molecule has 0 aliphatic carbocycles. The van der Waals surface area contributed by atoms with E-state index in [-0.39, 0.29) is 12.6 Å². The quantitative estimate of drug-likeness (QED) is 0.366. The molecule has 0 fully saturated rings. The van der Waals surface area contributed by atoms with Gasteiger partial charge >= 0.3 is 5.97 Å². The van der Waals surface area contributed by atoms with Crippen LogP contribution in [0.1, 0.15) is 52.0 Å². The highest BCUT2D eigenvalue weighted by Crippen LogP contribution is 2.07. The van der Waals surface area contributed by atoms with E-state index in [0.717, 1.165) is 45.5 Å². The highest BCUT2D eigenvalue weighted by molar-refractivity contribution is 5.71. The molecule has 0 N–H and O–H groups in total. The Bertz CT molecular complexity index is 467. The zero-order valence-electron chi connectivity index (χ0n) is 16.5. The summed E-state index contributed by atoms with van der Waals surface area (Å²) in [5, 5.41) is 0. The molecule has 1 rings (SSSR count). The monoisotopic (exact) mass is 366 g/mol. The van der Waals surface area contributed by atoms with Gasteiger partial charge in [0.05, 0.1) is 6.61 Å². The Labute approximate surface area is 158 Å². The molecule has 0 amide bonds. The SMILES string of the molecule is CC(C)(C)OC(=O)COCCCCOCCCCOCc1ccccc1. The minimum atomic E-state index is -0.457. The van der Waals surface area contributed by atoms with Crippen LogP contribution in [0.5, 0.6) is 0 Å². The normalized spacial score (nSPS) is 11.5. The first kappa shape index (κ1) is 22.6. The summed E-state index contributed by atoms with van der Waals surface area (Å²) in [4.78, 5) is 11.4. The molecule has 0 aliphatic rings. The summed E-state index contributed by atoms with van der Waals surface area (Å²) in [6.07, 6.45) is 3.82. The maximum Gasteiger partial charge on any atom is 0.332 e. The third-order valence-corrected chi connectivity index (χ3v) is 3.41. The van der Waals surface area contributed by atoms with Gasteiger partial charge in [-0.25, -0.2) is 4.79 Å². The van der Waals surface area contributed by atoms with Gasteiger partial charge < -0.3 is 18.9 Å². The second-order valence-corrected chi connectivity index (χ2v) is 7.20. The van der Waals surface area contributed by atoms with E-state index in [1.54, 1.807) is 0 Å². The predicted octanol–water partition coefficient (Wildman–Crippen LogP) is 4.14. The number of carbonyl (C=O) groups excluding carboxylic acids is 1. The van der Waals surface area contributed by atoms with Crippen LogP contribution in [0.4, 0.5) is 0 Å². The molecule has 0 aromatic heterocycles. The molecule has 1 aromatic carbocycles. The van der Waals surface area contributed by atoms with Crippen LogP contribution in [-0.4, -0.2) is 44.6 Å². The van der Waals surface area contributed by atoms with Crippen LogP contribution < -0.4 is 0 Å². The minimum Gasteiger partial charge on any atom is -0.458 e. The Morgan fingerprint density at radius 2 is 1.35 bits per heavy atom. The van der Waals surface area contributed by atoms with Crippen LogP contribution in [0.15, 0.2) is 30.3 Å². The van der Waals surface area contributed by atoms with E-state index in [9.17, 15) is 4.79 Å². The molecule has 0 saturated carbocycles. The van der Waals surface area contributed by atoms with Crippen LogP contribution in [0.25, 0.3) is 0 Å². The molecule has 0 heterocycles. The predicted molar refractivity (Wildman–Crippen MR) is 102 cm³/mol. The largest absolute Gasteiger partial charge is 0.458 e. The van der Waals surface area contributed by atoms with Gasteiger partial charge in [-0.15, -0.1) is 0 Å². The smallest absolute Gasteiger partial charge is 0.332 e. The van der Waals surface area contributed by atoms with Crippen LogP contribution in [0.2, 0.25) is 0 Å². The van der Waals surface area contributed by atoms with Gasteiger partial charge in [0, 0.05) is 26.4 Å². The first-order valence-electron chi connectivity index (χ1n) is 9.46. The topological polar surface area (TPSA) is 54.0 Å². The maximum absolute atomic E-state index is 11.4. The van der Waals surface area contributed by atoms with Crippen LogP contribution in [-0.2, 0) is 30.3 Å². The number of hydrogen-bond acceptors (Lipinski definition) is 5. The molecule has 0 atom stereocenters. The van der Waals surface area contributed by atoms with Gasteiger partial charge in [-0.1, -0.05) is 30.3 Å². The van der Waals surface area contributed by atoms with Crippen molar-refractivity contribution in [2.24, 2.45) is 0 Å². The Hall–Kier alpha value is -1.43. The van der Waals surface area contributed by atoms with E-state index in [1.807, 2.05) is 39.0 Å². The average Bonchev–Trinajstić information content (AvgIpc) is 2.58. The van der Waals surface area contributed by atoms with E-state index in [4.69, 9.17) is 18.9 Å². The average molecular weight is 366 g/mol. The third-order valence-electron chi connectivity index (χ3n) is 3.41. The summed E-state index contributed by atoms with van der Waals surface area (Å²) < 4.78 is 21.7. The molecule has 1 aromatic rings. The third kappa shape index (κ3) is 13.8. The van der Waals surface area contributed by atoms with Crippen molar-refractivity contribution in [2.45, 2.75) is 58.7 Å². The lowest BCUT2D eigenvalue weighted by molar-refractivity contribution is -0.160. The summed E-state index contributed by atoms with van der Waals surface area (Å²) in [6, 6.07) is 10.2. The zero-order valence-corrected chi connectivity index (χ0v) is 16.5. The highest BCUT2D eigenvalue weighted by atomic mass is 16.6. The number of hydrogen-bond donors (Lipinski definition) is 0. The van der Waals surface area contributed by atoms with E-state index in [1.165, 1.54) is 5.56 Å². The summed E-state index contributed by atoms with van der Waals surface area (Å²) >= 11 is 0. The maximum atomic E-state index is 11.4. The summed E-state index contributed by atoms with van der Waals surface area (Å²) in [6.45, 7) is 9.01. The second-order valence-electron chi connectivity index (χ2n) is 7.20. The number of unbranched alkanes of at least 4 members (excludes halogenated alkanes) is 2. The molecule has 0 aliphatic heterocycles. The first-order valence-corrected chi connectivity index (χ1v) is 9.46. The number of ether oxygens (including phenoxy) is 4. The van der Waals surface area contributed by atoms with Gasteiger partial charge in [0.15, 0.2) is 0 Å². The van der Waals surface area contributed by atoms with E-state index < -0.39 is 5.60 Å². The Morgan fingerprint density at radius 1 is 0.808 bits per heavy atom. The van der Waals surface area contributed by atoms with E-state index in [0.29, 0.717) is 13.2 Å². The van der Waals surface area contributed by atoms with Crippen molar-refractivity contribution in [3.63, 3.8) is 0 Å². The molecule has 0 bridgehead atoms. The van der Waals surface area contributed by atoms with E-state index >= 15 is 0 Å². The number of carbonyl (C=O) groups is 1. The van der Waals surface area contributed by atoms with Gasteiger partial charge in [-0.05, 0) is 52.0 Å². The fourth-order valence-electron chi connectivity index (χ4n) is 2.21. The standard InChI is InChI=1S/C21H34O5/c1-21(2,3)26-20(22)18-25-16-10-8-14-23-13-7-9-15-24-17-19-11-5-4-6-12-19/h4-6,11-12H,7-10,13-18H2,1-3H3. The molecule has 5 nitrogen and oxygen atoms in total. The number of rotatable bonds is 14. The fourth-order valence-corrected chi connectivity index (χ4v) is 2.21. The summed E-state index contributed by atoms with van der Waals surface area (Å²) in [7, 11) is 0. The lowest BCUT2D eigenvalue weighted by Crippen LogP contribution is -2.26. The molecular weight excluding hydrogens is 332 g/mol. The van der Waals surface area contributed by atoms with Crippen molar-refractivity contribution in [1.29, 1.82) is 0 Å². The number of esters is 1. The van der Waals surface area contributed by atoms with Crippen molar-refractivity contribution in [2.75, 3.05) is 33.0 Å². The molecule has 0 saturated heterocycles. The Balaban J connectivity index is 1.79. The minimum absolute atomic E-state index is 0.0150. The second kappa shape index (κ2) is 13.7. The van der Waals surface area contributed by atoms with Crippen molar-refractivity contribution < 1.29 is 23.7 Å².